The van der Waals surface area contributed by atoms with E-state index in [1.807, 2.05) is 0 Å². The molecule has 0 unspecified atom stereocenters. The highest BCUT2D eigenvalue weighted by molar-refractivity contribution is 7.85. The van der Waals surface area contributed by atoms with Gasteiger partial charge in [0.1, 0.15) is 0 Å². The maximum absolute atomic E-state index is 10.6. The number of hydrogen-bond acceptors (Lipinski definition) is 3. The molecule has 4 nitrogen and oxygen atoms in total. The van der Waals surface area contributed by atoms with Gasteiger partial charge in [-0.25, -0.2) is 4.99 Å². The zero-order valence-corrected chi connectivity index (χ0v) is 7.45. The molecular formula is C8H7NO3S. The minimum absolute atomic E-state index is 0.157. The van der Waals surface area contributed by atoms with Gasteiger partial charge in [-0.3, -0.25) is 4.55 Å². The summed E-state index contributed by atoms with van der Waals surface area (Å²) in [7, 11) is -4.11. The van der Waals surface area contributed by atoms with Crippen LogP contribution in [0.4, 0.5) is 5.69 Å². The van der Waals surface area contributed by atoms with Gasteiger partial charge in [0.2, 0.25) is 0 Å². The van der Waals surface area contributed by atoms with Crippen LogP contribution in [0.15, 0.2) is 40.7 Å². The quantitative estimate of drug-likeness (QED) is 0.576. The van der Waals surface area contributed by atoms with Crippen molar-refractivity contribution >= 4 is 21.7 Å². The second kappa shape index (κ2) is 3.53. The Hall–Kier alpha value is -1.42. The van der Waals surface area contributed by atoms with Gasteiger partial charge in [0.15, 0.2) is 0 Å². The molecular weight excluding hydrogens is 190 g/mol. The Balaban J connectivity index is 3.15. The molecule has 1 aromatic rings. The topological polar surface area (TPSA) is 66.7 Å². The Bertz CT molecular complexity index is 441. The first-order chi connectivity index (χ1) is 6.04. The predicted molar refractivity (Wildman–Crippen MR) is 49.0 cm³/mol. The van der Waals surface area contributed by atoms with Crippen LogP contribution in [0.2, 0.25) is 0 Å². The molecule has 1 rings (SSSR count). The molecule has 0 saturated carbocycles. The average molecular weight is 197 g/mol. The highest BCUT2D eigenvalue weighted by Gasteiger charge is 2.07. The van der Waals surface area contributed by atoms with E-state index in [9.17, 15) is 8.42 Å². The summed E-state index contributed by atoms with van der Waals surface area (Å²) in [5, 5.41) is 0. The van der Waals surface area contributed by atoms with Crippen LogP contribution >= 0.6 is 0 Å². The number of rotatable bonds is 2. The predicted octanol–water partition coefficient (Wildman–Crippen LogP) is 1.42. The van der Waals surface area contributed by atoms with Crippen molar-refractivity contribution in [2.75, 3.05) is 0 Å². The van der Waals surface area contributed by atoms with E-state index in [-0.39, 0.29) is 4.90 Å². The van der Waals surface area contributed by atoms with Crippen LogP contribution in [0.25, 0.3) is 0 Å². The lowest BCUT2D eigenvalue weighted by atomic mass is 10.3. The van der Waals surface area contributed by atoms with Crippen molar-refractivity contribution in [2.24, 2.45) is 4.99 Å². The number of aliphatic imine (C=N–C) groups is 1. The number of benzene rings is 1. The van der Waals surface area contributed by atoms with E-state index >= 15 is 0 Å². The molecule has 0 atom stereocenters. The van der Waals surface area contributed by atoms with E-state index < -0.39 is 10.1 Å². The van der Waals surface area contributed by atoms with Gasteiger partial charge in [-0.05, 0) is 36.7 Å². The highest BCUT2D eigenvalue weighted by Crippen LogP contribution is 2.15. The molecule has 0 heterocycles. The first kappa shape index (κ1) is 9.67. The minimum atomic E-state index is -4.11. The van der Waals surface area contributed by atoms with Gasteiger partial charge in [-0.15, -0.1) is 0 Å². The lowest BCUT2D eigenvalue weighted by Crippen LogP contribution is -1.96. The van der Waals surface area contributed by atoms with Gasteiger partial charge in [-0.1, -0.05) is 0 Å². The van der Waals surface area contributed by atoms with Crippen LogP contribution in [0.3, 0.4) is 0 Å². The second-order valence-electron chi connectivity index (χ2n) is 2.24. The van der Waals surface area contributed by atoms with Crippen molar-refractivity contribution in [3.63, 3.8) is 0 Å². The lowest BCUT2D eigenvalue weighted by Gasteiger charge is -1.95. The van der Waals surface area contributed by atoms with Gasteiger partial charge in [0.25, 0.3) is 10.1 Å². The fourth-order valence-electron chi connectivity index (χ4n) is 0.784. The molecule has 0 aromatic heterocycles. The van der Waals surface area contributed by atoms with E-state index in [4.69, 9.17) is 4.55 Å². The Morgan fingerprint density at radius 2 is 1.85 bits per heavy atom. The first-order valence-corrected chi connectivity index (χ1v) is 4.78. The van der Waals surface area contributed by atoms with E-state index in [0.29, 0.717) is 5.69 Å². The van der Waals surface area contributed by atoms with Gasteiger partial charge >= 0.3 is 0 Å². The first-order valence-electron chi connectivity index (χ1n) is 3.34. The zero-order chi connectivity index (χ0) is 9.90. The van der Waals surface area contributed by atoms with Gasteiger partial charge < -0.3 is 0 Å². The van der Waals surface area contributed by atoms with Crippen LogP contribution in [0, 0.1) is 0 Å². The fraction of sp³-hybridized carbons (Fsp3) is 0. The Labute approximate surface area is 76.0 Å². The molecule has 5 heteroatoms. The molecule has 1 N–H and O–H groups in total. The van der Waals surface area contributed by atoms with Crippen LogP contribution in [-0.2, 0) is 10.1 Å². The molecule has 0 saturated heterocycles. The third kappa shape index (κ3) is 2.52. The summed E-state index contributed by atoms with van der Waals surface area (Å²) in [6, 6.07) is 5.40. The minimum Gasteiger partial charge on any atom is -0.282 e. The molecule has 0 aliphatic rings. The summed E-state index contributed by atoms with van der Waals surface area (Å²) in [4.78, 5) is 3.54. The highest BCUT2D eigenvalue weighted by atomic mass is 32.2. The van der Waals surface area contributed by atoms with Gasteiger partial charge in [-0.2, -0.15) is 8.42 Å². The molecule has 0 spiro atoms. The van der Waals surface area contributed by atoms with Gasteiger partial charge in [0.05, 0.1) is 10.6 Å². The average Bonchev–Trinajstić information content (AvgIpc) is 2.04. The Morgan fingerprint density at radius 1 is 1.31 bits per heavy atom. The molecule has 68 valence electrons. The summed E-state index contributed by atoms with van der Waals surface area (Å²) in [6.45, 7) is 3.27. The maximum Gasteiger partial charge on any atom is 0.294 e. The van der Waals surface area contributed by atoms with Gasteiger partial charge in [0, 0.05) is 0 Å². The summed E-state index contributed by atoms with van der Waals surface area (Å²) in [5.41, 5.74) is 0.530. The van der Waals surface area contributed by atoms with E-state index in [1.165, 1.54) is 24.3 Å². The van der Waals surface area contributed by atoms with Crippen molar-refractivity contribution in [1.82, 2.24) is 0 Å². The summed E-state index contributed by atoms with van der Waals surface area (Å²) in [6.07, 6.45) is 0. The summed E-state index contributed by atoms with van der Waals surface area (Å²) >= 11 is 0. The van der Waals surface area contributed by atoms with Crippen LogP contribution in [0.1, 0.15) is 0 Å². The molecule has 0 fully saturated rings. The monoisotopic (exact) mass is 197 g/mol. The van der Waals surface area contributed by atoms with Crippen molar-refractivity contribution in [3.8, 4) is 0 Å². The Morgan fingerprint density at radius 3 is 2.23 bits per heavy atom. The summed E-state index contributed by atoms with van der Waals surface area (Å²) in [5.74, 6) is 2.31. The maximum atomic E-state index is 10.6. The largest absolute Gasteiger partial charge is 0.294 e. The molecule has 0 bridgehead atoms. The van der Waals surface area contributed by atoms with Crippen molar-refractivity contribution in [3.05, 3.63) is 30.8 Å². The molecule has 0 aliphatic carbocycles. The molecule has 0 aliphatic heterocycles. The SMILES string of the molecule is C=C=Nc1ccc(S(=O)(=O)O)cc1. The third-order valence-electron chi connectivity index (χ3n) is 1.34. The van der Waals surface area contributed by atoms with E-state index in [1.54, 1.807) is 0 Å². The Kier molecular flexibility index (Phi) is 2.63. The van der Waals surface area contributed by atoms with Crippen LogP contribution < -0.4 is 0 Å². The molecule has 0 radical (unpaired) electrons. The van der Waals surface area contributed by atoms with Crippen LogP contribution in [0.5, 0.6) is 0 Å². The van der Waals surface area contributed by atoms with Crippen molar-refractivity contribution in [1.29, 1.82) is 0 Å². The fourth-order valence-corrected chi connectivity index (χ4v) is 1.26. The summed E-state index contributed by atoms with van der Waals surface area (Å²) < 4.78 is 29.8. The number of nitrogens with zero attached hydrogens (tertiary/aromatic N) is 1. The molecule has 13 heavy (non-hydrogen) atoms. The zero-order valence-electron chi connectivity index (χ0n) is 6.64. The standard InChI is InChI=1S/C8H7NO3S/c1-2-9-7-3-5-8(6-4-7)13(10,11)12/h3-6H,1H2,(H,10,11,12). The third-order valence-corrected chi connectivity index (χ3v) is 2.21. The van der Waals surface area contributed by atoms with Crippen LogP contribution in [-0.4, -0.2) is 18.8 Å². The normalized spacial score (nSPS) is 10.5. The molecule has 1 aromatic carbocycles. The number of hydrogen-bond donors (Lipinski definition) is 1. The van der Waals surface area contributed by atoms with Crippen molar-refractivity contribution < 1.29 is 13.0 Å². The van der Waals surface area contributed by atoms with Crippen molar-refractivity contribution in [2.45, 2.75) is 4.90 Å². The second-order valence-corrected chi connectivity index (χ2v) is 3.66. The van der Waals surface area contributed by atoms with E-state index in [0.717, 1.165) is 0 Å². The smallest absolute Gasteiger partial charge is 0.282 e. The molecule has 0 amide bonds. The lowest BCUT2D eigenvalue weighted by molar-refractivity contribution is 0.483. The van der Waals surface area contributed by atoms with E-state index in [2.05, 4.69) is 17.4 Å².